The van der Waals surface area contributed by atoms with E-state index in [-0.39, 0.29) is 11.7 Å². The zero-order valence-corrected chi connectivity index (χ0v) is 16.6. The summed E-state index contributed by atoms with van der Waals surface area (Å²) in [4.78, 5) is 14.2. The zero-order valence-electron chi connectivity index (χ0n) is 13.6. The van der Waals surface area contributed by atoms with E-state index in [0.717, 1.165) is 9.13 Å². The maximum Gasteiger partial charge on any atom is 0.253 e. The first-order valence-corrected chi connectivity index (χ1v) is 10.7. The molecule has 1 saturated heterocycles. The number of halogens is 1. The quantitative estimate of drug-likeness (QED) is 0.646. The molecule has 1 aliphatic heterocycles. The molecule has 0 N–H and O–H groups in total. The third-order valence-electron chi connectivity index (χ3n) is 4.20. The van der Waals surface area contributed by atoms with Crippen molar-refractivity contribution in [2.45, 2.75) is 5.75 Å². The summed E-state index contributed by atoms with van der Waals surface area (Å²) in [7, 11) is -3.36. The molecule has 2 aromatic carbocycles. The molecule has 1 aliphatic rings. The molecule has 25 heavy (non-hydrogen) atoms. The Hall–Kier alpha value is -1.45. The molecule has 0 radical (unpaired) electrons. The van der Waals surface area contributed by atoms with Gasteiger partial charge in [-0.05, 0) is 52.4 Å². The lowest BCUT2D eigenvalue weighted by molar-refractivity contribution is 0.0698. The first-order valence-electron chi connectivity index (χ1n) is 8.02. The summed E-state index contributed by atoms with van der Waals surface area (Å²) in [5.74, 6) is -0.0460. The van der Waals surface area contributed by atoms with Crippen LogP contribution in [0.15, 0.2) is 54.6 Å². The summed E-state index contributed by atoms with van der Waals surface area (Å²) in [6.07, 6.45) is 0. The van der Waals surface area contributed by atoms with E-state index in [1.54, 1.807) is 4.90 Å². The fourth-order valence-electron chi connectivity index (χ4n) is 2.82. The number of piperazine rings is 1. The van der Waals surface area contributed by atoms with Crippen LogP contribution in [0.2, 0.25) is 0 Å². The highest BCUT2D eigenvalue weighted by Gasteiger charge is 2.29. The molecule has 0 aromatic heterocycles. The van der Waals surface area contributed by atoms with Crippen molar-refractivity contribution in [3.63, 3.8) is 0 Å². The van der Waals surface area contributed by atoms with Crippen molar-refractivity contribution in [3.8, 4) is 0 Å². The molecular formula is C18H19IN2O3S. The Morgan fingerprint density at radius 3 is 2.12 bits per heavy atom. The lowest BCUT2D eigenvalue weighted by Crippen LogP contribution is -2.50. The molecular weight excluding hydrogens is 451 g/mol. The van der Waals surface area contributed by atoms with Gasteiger partial charge >= 0.3 is 0 Å². The van der Waals surface area contributed by atoms with Crippen LogP contribution in [0.25, 0.3) is 0 Å². The highest BCUT2D eigenvalue weighted by molar-refractivity contribution is 14.1. The molecule has 0 aliphatic carbocycles. The van der Waals surface area contributed by atoms with Gasteiger partial charge in [0.15, 0.2) is 0 Å². The number of hydrogen-bond donors (Lipinski definition) is 0. The Morgan fingerprint density at radius 2 is 1.52 bits per heavy atom. The summed E-state index contributed by atoms with van der Waals surface area (Å²) in [5, 5.41) is 0. The van der Waals surface area contributed by atoms with Gasteiger partial charge in [0.25, 0.3) is 5.91 Å². The van der Waals surface area contributed by atoms with Gasteiger partial charge in [0.2, 0.25) is 10.0 Å². The monoisotopic (exact) mass is 470 g/mol. The molecule has 0 unspecified atom stereocenters. The number of nitrogens with zero attached hydrogens (tertiary/aromatic N) is 2. The predicted octanol–water partition coefficient (Wildman–Crippen LogP) is 2.58. The van der Waals surface area contributed by atoms with Crippen molar-refractivity contribution in [2.75, 3.05) is 26.2 Å². The largest absolute Gasteiger partial charge is 0.336 e. The van der Waals surface area contributed by atoms with Crippen LogP contribution in [-0.2, 0) is 15.8 Å². The molecule has 0 spiro atoms. The van der Waals surface area contributed by atoms with Crippen LogP contribution in [0.4, 0.5) is 0 Å². The minimum atomic E-state index is -3.36. The number of amides is 1. The van der Waals surface area contributed by atoms with E-state index in [4.69, 9.17) is 0 Å². The van der Waals surface area contributed by atoms with Gasteiger partial charge in [-0.1, -0.05) is 30.3 Å². The van der Waals surface area contributed by atoms with Crippen LogP contribution in [0.1, 0.15) is 15.9 Å². The van der Waals surface area contributed by atoms with Crippen LogP contribution in [-0.4, -0.2) is 49.7 Å². The highest BCUT2D eigenvalue weighted by atomic mass is 127. The van der Waals surface area contributed by atoms with E-state index in [2.05, 4.69) is 22.6 Å². The fourth-order valence-corrected chi connectivity index (χ4v) is 4.70. The summed E-state index contributed by atoms with van der Waals surface area (Å²) < 4.78 is 27.7. The van der Waals surface area contributed by atoms with Crippen molar-refractivity contribution in [1.29, 1.82) is 0 Å². The summed E-state index contributed by atoms with van der Waals surface area (Å²) in [6, 6.07) is 16.6. The van der Waals surface area contributed by atoms with Gasteiger partial charge in [0.05, 0.1) is 5.75 Å². The van der Waals surface area contributed by atoms with Crippen LogP contribution in [0.3, 0.4) is 0 Å². The molecule has 1 fully saturated rings. The fraction of sp³-hybridized carbons (Fsp3) is 0.278. The van der Waals surface area contributed by atoms with Gasteiger partial charge < -0.3 is 4.90 Å². The average molecular weight is 470 g/mol. The summed E-state index contributed by atoms with van der Waals surface area (Å²) in [5.41, 5.74) is 1.42. The van der Waals surface area contributed by atoms with Gasteiger partial charge in [-0.25, -0.2) is 8.42 Å². The normalized spacial score (nSPS) is 16.0. The molecule has 132 valence electrons. The van der Waals surface area contributed by atoms with E-state index >= 15 is 0 Å². The van der Waals surface area contributed by atoms with E-state index in [0.29, 0.717) is 31.7 Å². The molecule has 7 heteroatoms. The second-order valence-corrected chi connectivity index (χ2v) is 9.15. The van der Waals surface area contributed by atoms with E-state index in [1.165, 1.54) is 4.31 Å². The Bertz CT molecular complexity index is 830. The zero-order chi connectivity index (χ0) is 17.9. The summed E-state index contributed by atoms with van der Waals surface area (Å²) >= 11 is 2.20. The maximum absolute atomic E-state index is 12.6. The number of benzene rings is 2. The third kappa shape index (κ3) is 4.59. The molecule has 0 saturated carbocycles. The van der Waals surface area contributed by atoms with Gasteiger partial charge in [-0.15, -0.1) is 0 Å². The van der Waals surface area contributed by atoms with E-state index < -0.39 is 10.0 Å². The van der Waals surface area contributed by atoms with Crippen LogP contribution in [0, 0.1) is 3.57 Å². The van der Waals surface area contributed by atoms with Crippen molar-refractivity contribution in [1.82, 2.24) is 9.21 Å². The molecule has 0 bridgehead atoms. The molecule has 0 atom stereocenters. The first-order chi connectivity index (χ1) is 12.0. The molecule has 5 nitrogen and oxygen atoms in total. The second kappa shape index (κ2) is 7.84. The number of rotatable bonds is 4. The Labute approximate surface area is 161 Å². The molecule has 1 amide bonds. The number of carbonyl (C=O) groups excluding carboxylic acids is 1. The molecule has 3 rings (SSSR count). The van der Waals surface area contributed by atoms with Crippen LogP contribution in [0.5, 0.6) is 0 Å². The van der Waals surface area contributed by atoms with Crippen LogP contribution >= 0.6 is 22.6 Å². The Balaban J connectivity index is 1.61. The average Bonchev–Trinajstić information content (AvgIpc) is 2.62. The minimum Gasteiger partial charge on any atom is -0.336 e. The Morgan fingerprint density at radius 1 is 0.920 bits per heavy atom. The maximum atomic E-state index is 12.6. The van der Waals surface area contributed by atoms with Crippen molar-refractivity contribution in [3.05, 3.63) is 69.3 Å². The van der Waals surface area contributed by atoms with Gasteiger partial charge in [0.1, 0.15) is 0 Å². The second-order valence-electron chi connectivity index (χ2n) is 5.94. The lowest BCUT2D eigenvalue weighted by atomic mass is 10.2. The smallest absolute Gasteiger partial charge is 0.253 e. The highest BCUT2D eigenvalue weighted by Crippen LogP contribution is 2.16. The standard InChI is InChI=1S/C18H19IN2O3S/c19-17-8-6-16(7-9-17)18(22)20-10-12-21(13-11-20)25(23,24)14-15-4-2-1-3-5-15/h1-9H,10-14H2. The van der Waals surface area contributed by atoms with E-state index in [9.17, 15) is 13.2 Å². The Kier molecular flexibility index (Phi) is 5.75. The van der Waals surface area contributed by atoms with Gasteiger partial charge in [-0.3, -0.25) is 4.79 Å². The topological polar surface area (TPSA) is 57.7 Å². The third-order valence-corrected chi connectivity index (χ3v) is 6.77. The number of sulfonamides is 1. The van der Waals surface area contributed by atoms with Crippen molar-refractivity contribution >= 4 is 38.5 Å². The molecule has 2 aromatic rings. The van der Waals surface area contributed by atoms with E-state index in [1.807, 2.05) is 54.6 Å². The van der Waals surface area contributed by atoms with Gasteiger partial charge in [0, 0.05) is 35.3 Å². The predicted molar refractivity (Wildman–Crippen MR) is 106 cm³/mol. The first kappa shape index (κ1) is 18.3. The van der Waals surface area contributed by atoms with Crippen molar-refractivity contribution < 1.29 is 13.2 Å². The minimum absolute atomic E-state index is 0.00108. The molecule has 1 heterocycles. The number of hydrogen-bond acceptors (Lipinski definition) is 3. The van der Waals surface area contributed by atoms with Gasteiger partial charge in [-0.2, -0.15) is 4.31 Å². The lowest BCUT2D eigenvalue weighted by Gasteiger charge is -2.34. The van der Waals surface area contributed by atoms with Crippen molar-refractivity contribution in [2.24, 2.45) is 0 Å². The number of carbonyl (C=O) groups is 1. The van der Waals surface area contributed by atoms with Crippen LogP contribution < -0.4 is 0 Å². The summed E-state index contributed by atoms with van der Waals surface area (Å²) in [6.45, 7) is 1.51. The SMILES string of the molecule is O=C(c1ccc(I)cc1)N1CCN(S(=O)(=O)Cc2ccccc2)CC1.